The summed E-state index contributed by atoms with van der Waals surface area (Å²) >= 11 is 8.02. The van der Waals surface area contributed by atoms with E-state index >= 15 is 0 Å². The van der Waals surface area contributed by atoms with Crippen LogP contribution in [0.4, 0.5) is 0 Å². The van der Waals surface area contributed by atoms with Crippen molar-refractivity contribution in [2.75, 3.05) is 0 Å². The van der Waals surface area contributed by atoms with E-state index in [9.17, 15) is 4.79 Å². The number of hydrogen-bond acceptors (Lipinski definition) is 2. The number of H-pyrrole nitrogens is 1. The van der Waals surface area contributed by atoms with E-state index < -0.39 is 0 Å². The Labute approximate surface area is 142 Å². The third-order valence-corrected chi connectivity index (χ3v) is 5.26. The van der Waals surface area contributed by atoms with Gasteiger partial charge in [-0.25, -0.2) is 4.98 Å². The molecule has 0 bridgehead atoms. The summed E-state index contributed by atoms with van der Waals surface area (Å²) in [4.78, 5) is 19.8. The maximum Gasteiger partial charge on any atom is 0.264 e. The van der Waals surface area contributed by atoms with Crippen LogP contribution >= 0.6 is 34.2 Å². The summed E-state index contributed by atoms with van der Waals surface area (Å²) in [6.45, 7) is 0. The van der Waals surface area contributed by atoms with Crippen LogP contribution in [0.15, 0.2) is 29.1 Å². The summed E-state index contributed by atoms with van der Waals surface area (Å²) in [5.41, 5.74) is 2.07. The van der Waals surface area contributed by atoms with E-state index in [1.807, 2.05) is 24.3 Å². The highest BCUT2D eigenvalue weighted by Crippen LogP contribution is 2.34. The van der Waals surface area contributed by atoms with Gasteiger partial charge in [-0.15, -0.1) is 0 Å². The fraction of sp³-hybridized carbons (Fsp3) is 0.375. The van der Waals surface area contributed by atoms with Crippen molar-refractivity contribution in [3.8, 4) is 0 Å². The molecule has 110 valence electrons. The van der Waals surface area contributed by atoms with Crippen LogP contribution in [0.1, 0.15) is 48.7 Å². The van der Waals surface area contributed by atoms with Crippen LogP contribution in [0, 0.1) is 3.57 Å². The van der Waals surface area contributed by atoms with Gasteiger partial charge in [0.05, 0.1) is 9.26 Å². The Bertz CT molecular complexity index is 690. The number of halogens is 2. The second-order valence-electron chi connectivity index (χ2n) is 5.50. The highest BCUT2D eigenvalue weighted by atomic mass is 127. The van der Waals surface area contributed by atoms with Crippen molar-refractivity contribution < 1.29 is 0 Å². The lowest BCUT2D eigenvalue weighted by molar-refractivity contribution is 0.677. The molecule has 0 radical (unpaired) electrons. The number of benzene rings is 1. The SMILES string of the molecule is O=c1[nH]c(Cc2ccc(Cl)cc2)nc(C2CCCC2)c1I. The quantitative estimate of drug-likeness (QED) is 0.762. The van der Waals surface area contributed by atoms with Gasteiger partial charge in [-0.2, -0.15) is 0 Å². The number of aromatic nitrogens is 2. The molecule has 1 aromatic heterocycles. The second kappa shape index (κ2) is 6.48. The van der Waals surface area contributed by atoms with Crippen molar-refractivity contribution in [1.29, 1.82) is 0 Å². The maximum atomic E-state index is 12.1. The van der Waals surface area contributed by atoms with E-state index in [0.29, 0.717) is 12.3 Å². The Morgan fingerprint density at radius 2 is 1.90 bits per heavy atom. The number of aromatic amines is 1. The number of rotatable bonds is 3. The fourth-order valence-electron chi connectivity index (χ4n) is 2.87. The van der Waals surface area contributed by atoms with Gasteiger partial charge in [0.2, 0.25) is 0 Å². The molecule has 1 N–H and O–H groups in total. The molecule has 21 heavy (non-hydrogen) atoms. The van der Waals surface area contributed by atoms with E-state index in [-0.39, 0.29) is 5.56 Å². The third kappa shape index (κ3) is 3.48. The van der Waals surface area contributed by atoms with Crippen LogP contribution in [-0.2, 0) is 6.42 Å². The van der Waals surface area contributed by atoms with Crippen LogP contribution in [0.2, 0.25) is 5.02 Å². The summed E-state index contributed by atoms with van der Waals surface area (Å²) in [6.07, 6.45) is 5.40. The van der Waals surface area contributed by atoms with Crippen LogP contribution in [0.3, 0.4) is 0 Å². The molecule has 0 unspecified atom stereocenters. The molecule has 3 rings (SSSR count). The van der Waals surface area contributed by atoms with Crippen LogP contribution in [0.5, 0.6) is 0 Å². The van der Waals surface area contributed by atoms with Gasteiger partial charge in [-0.1, -0.05) is 36.6 Å². The van der Waals surface area contributed by atoms with Crippen LogP contribution < -0.4 is 5.56 Å². The molecule has 1 aliphatic rings. The van der Waals surface area contributed by atoms with Gasteiger partial charge in [0, 0.05) is 17.4 Å². The first-order valence-electron chi connectivity index (χ1n) is 7.16. The highest BCUT2D eigenvalue weighted by Gasteiger charge is 2.22. The average Bonchev–Trinajstić information content (AvgIpc) is 2.99. The van der Waals surface area contributed by atoms with Gasteiger partial charge in [-0.3, -0.25) is 4.79 Å². The Morgan fingerprint density at radius 3 is 2.57 bits per heavy atom. The van der Waals surface area contributed by atoms with Crippen molar-refractivity contribution in [2.45, 2.75) is 38.0 Å². The monoisotopic (exact) mass is 414 g/mol. The van der Waals surface area contributed by atoms with E-state index in [1.165, 1.54) is 12.8 Å². The Kier molecular flexibility index (Phi) is 4.64. The zero-order valence-electron chi connectivity index (χ0n) is 11.5. The van der Waals surface area contributed by atoms with Crippen LogP contribution in [-0.4, -0.2) is 9.97 Å². The minimum Gasteiger partial charge on any atom is -0.309 e. The molecule has 0 amide bonds. The van der Waals surface area contributed by atoms with Gasteiger partial charge in [0.1, 0.15) is 5.82 Å². The molecule has 0 spiro atoms. The molecule has 0 saturated heterocycles. The van der Waals surface area contributed by atoms with E-state index in [4.69, 9.17) is 16.6 Å². The number of nitrogens with zero attached hydrogens (tertiary/aromatic N) is 1. The minimum atomic E-state index is -0.0172. The highest BCUT2D eigenvalue weighted by molar-refractivity contribution is 14.1. The minimum absolute atomic E-state index is 0.0172. The summed E-state index contributed by atoms with van der Waals surface area (Å²) in [7, 11) is 0. The summed E-state index contributed by atoms with van der Waals surface area (Å²) in [6, 6.07) is 7.66. The van der Waals surface area contributed by atoms with Crippen molar-refractivity contribution in [2.24, 2.45) is 0 Å². The lowest BCUT2D eigenvalue weighted by atomic mass is 10.0. The van der Waals surface area contributed by atoms with Crippen molar-refractivity contribution in [3.05, 3.63) is 60.3 Å². The first-order chi connectivity index (χ1) is 10.1. The standard InChI is InChI=1S/C16H16ClIN2O/c17-12-7-5-10(6-8-12)9-13-19-15(11-3-1-2-4-11)14(18)16(21)20-13/h5-8,11H,1-4,9H2,(H,19,20,21). The van der Waals surface area contributed by atoms with Gasteiger partial charge in [0.15, 0.2) is 0 Å². The molecule has 1 fully saturated rings. The first kappa shape index (κ1) is 15.0. The fourth-order valence-corrected chi connectivity index (χ4v) is 3.70. The first-order valence-corrected chi connectivity index (χ1v) is 8.62. The third-order valence-electron chi connectivity index (χ3n) is 3.96. The largest absolute Gasteiger partial charge is 0.309 e. The maximum absolute atomic E-state index is 12.1. The predicted molar refractivity (Wildman–Crippen MR) is 93.0 cm³/mol. The molecular formula is C16H16ClIN2O. The number of nitrogens with one attached hydrogen (secondary N) is 1. The molecule has 1 saturated carbocycles. The smallest absolute Gasteiger partial charge is 0.264 e. The molecule has 5 heteroatoms. The van der Waals surface area contributed by atoms with Gasteiger partial charge >= 0.3 is 0 Å². The molecular weight excluding hydrogens is 399 g/mol. The van der Waals surface area contributed by atoms with Gasteiger partial charge < -0.3 is 4.98 Å². The zero-order valence-corrected chi connectivity index (χ0v) is 14.4. The molecule has 1 aromatic carbocycles. The molecule has 1 heterocycles. The van der Waals surface area contributed by atoms with E-state index in [0.717, 1.165) is 38.5 Å². The summed E-state index contributed by atoms with van der Waals surface area (Å²) < 4.78 is 0.749. The molecule has 0 atom stereocenters. The molecule has 0 aliphatic heterocycles. The lowest BCUT2D eigenvalue weighted by Crippen LogP contribution is -2.19. The van der Waals surface area contributed by atoms with Crippen molar-refractivity contribution >= 4 is 34.2 Å². The Balaban J connectivity index is 1.92. The predicted octanol–water partition coefficient (Wildman–Crippen LogP) is 4.28. The van der Waals surface area contributed by atoms with E-state index in [2.05, 4.69) is 27.6 Å². The van der Waals surface area contributed by atoms with Gasteiger partial charge in [0.25, 0.3) is 5.56 Å². The Hall–Kier alpha value is -0.880. The zero-order chi connectivity index (χ0) is 14.8. The summed E-state index contributed by atoms with van der Waals surface area (Å²) in [5, 5.41) is 0.717. The van der Waals surface area contributed by atoms with E-state index in [1.54, 1.807) is 0 Å². The normalized spacial score (nSPS) is 15.5. The van der Waals surface area contributed by atoms with Crippen molar-refractivity contribution in [1.82, 2.24) is 9.97 Å². The van der Waals surface area contributed by atoms with Gasteiger partial charge in [-0.05, 0) is 53.1 Å². The molecule has 3 nitrogen and oxygen atoms in total. The second-order valence-corrected chi connectivity index (χ2v) is 7.01. The molecule has 2 aromatic rings. The average molecular weight is 415 g/mol. The molecule has 1 aliphatic carbocycles. The topological polar surface area (TPSA) is 45.8 Å². The summed E-state index contributed by atoms with van der Waals surface area (Å²) in [5.74, 6) is 1.19. The number of hydrogen-bond donors (Lipinski definition) is 1. The van der Waals surface area contributed by atoms with Crippen molar-refractivity contribution in [3.63, 3.8) is 0 Å². The lowest BCUT2D eigenvalue weighted by Gasteiger charge is -2.12. The Morgan fingerprint density at radius 1 is 1.24 bits per heavy atom. The van der Waals surface area contributed by atoms with Crippen LogP contribution in [0.25, 0.3) is 0 Å².